The van der Waals surface area contributed by atoms with Crippen LogP contribution in [0, 0.1) is 0 Å². The Morgan fingerprint density at radius 1 is 1.13 bits per heavy atom. The van der Waals surface area contributed by atoms with E-state index in [-0.39, 0.29) is 28.6 Å². The standard InChI is InChI=1S/C22H27N3O4S2/c1-15(2)16-5-7-17(8-6-16)21(26)25-22(30)24-18-9-11-20(12-10-18)31(27,28)23-14-19-4-3-13-29-19/h5-12,15,19,23H,3-4,13-14H2,1-2H3,(H2,24,25,26,30). The minimum absolute atomic E-state index is 0.0710. The second-order valence-corrected chi connectivity index (χ2v) is 9.87. The predicted molar refractivity (Wildman–Crippen MR) is 125 cm³/mol. The molecule has 3 N–H and O–H groups in total. The van der Waals surface area contributed by atoms with Gasteiger partial charge in [-0.1, -0.05) is 26.0 Å². The van der Waals surface area contributed by atoms with Crippen LogP contribution in [0.5, 0.6) is 0 Å². The molecule has 1 aliphatic heterocycles. The molecule has 1 aliphatic rings. The first-order chi connectivity index (χ1) is 14.7. The third-order valence-electron chi connectivity index (χ3n) is 5.01. The highest BCUT2D eigenvalue weighted by Crippen LogP contribution is 2.17. The number of sulfonamides is 1. The largest absolute Gasteiger partial charge is 0.377 e. The number of anilines is 1. The van der Waals surface area contributed by atoms with E-state index in [0.717, 1.165) is 18.4 Å². The Labute approximate surface area is 188 Å². The van der Waals surface area contributed by atoms with Gasteiger partial charge in [0.1, 0.15) is 0 Å². The molecule has 0 bridgehead atoms. The topological polar surface area (TPSA) is 96.5 Å². The average molecular weight is 462 g/mol. The molecule has 1 atom stereocenters. The van der Waals surface area contributed by atoms with Gasteiger partial charge >= 0.3 is 0 Å². The molecule has 9 heteroatoms. The first-order valence-corrected chi connectivity index (χ1v) is 12.1. The fraction of sp³-hybridized carbons (Fsp3) is 0.364. The molecule has 1 heterocycles. The lowest BCUT2D eigenvalue weighted by atomic mass is 10.0. The smallest absolute Gasteiger partial charge is 0.257 e. The first-order valence-electron chi connectivity index (χ1n) is 10.2. The monoisotopic (exact) mass is 461 g/mol. The number of benzene rings is 2. The number of hydrogen-bond donors (Lipinski definition) is 3. The van der Waals surface area contributed by atoms with Gasteiger partial charge in [-0.3, -0.25) is 10.1 Å². The minimum Gasteiger partial charge on any atom is -0.377 e. The number of amides is 1. The van der Waals surface area contributed by atoms with Gasteiger partial charge in [-0.2, -0.15) is 0 Å². The van der Waals surface area contributed by atoms with Crippen molar-refractivity contribution in [2.24, 2.45) is 0 Å². The van der Waals surface area contributed by atoms with E-state index in [1.807, 2.05) is 12.1 Å². The highest BCUT2D eigenvalue weighted by molar-refractivity contribution is 7.89. The minimum atomic E-state index is -3.62. The fourth-order valence-corrected chi connectivity index (χ4v) is 4.44. The van der Waals surface area contributed by atoms with E-state index < -0.39 is 10.0 Å². The summed E-state index contributed by atoms with van der Waals surface area (Å²) in [6.07, 6.45) is 1.74. The maximum Gasteiger partial charge on any atom is 0.257 e. The van der Waals surface area contributed by atoms with Crippen molar-refractivity contribution in [3.8, 4) is 0 Å². The van der Waals surface area contributed by atoms with Gasteiger partial charge in [0.15, 0.2) is 5.11 Å². The summed E-state index contributed by atoms with van der Waals surface area (Å²) in [5.74, 6) is 0.0724. The van der Waals surface area contributed by atoms with Crippen LogP contribution in [0.2, 0.25) is 0 Å². The van der Waals surface area contributed by atoms with Crippen molar-refractivity contribution in [2.75, 3.05) is 18.5 Å². The normalized spacial score (nSPS) is 16.3. The Balaban J connectivity index is 1.53. The van der Waals surface area contributed by atoms with Crippen LogP contribution >= 0.6 is 12.2 Å². The molecule has 0 aliphatic carbocycles. The van der Waals surface area contributed by atoms with Crippen LogP contribution in [0.3, 0.4) is 0 Å². The number of nitrogens with one attached hydrogen (secondary N) is 3. The Hall–Kier alpha value is -2.33. The van der Waals surface area contributed by atoms with Gasteiger partial charge in [0.2, 0.25) is 10.0 Å². The molecular formula is C22H27N3O4S2. The molecule has 1 fully saturated rings. The maximum absolute atomic E-state index is 12.4. The van der Waals surface area contributed by atoms with E-state index >= 15 is 0 Å². The van der Waals surface area contributed by atoms with E-state index in [9.17, 15) is 13.2 Å². The van der Waals surface area contributed by atoms with E-state index in [1.165, 1.54) is 12.1 Å². The average Bonchev–Trinajstić information content (AvgIpc) is 3.26. The van der Waals surface area contributed by atoms with Crippen molar-refractivity contribution >= 4 is 38.9 Å². The second kappa shape index (κ2) is 10.3. The summed E-state index contributed by atoms with van der Waals surface area (Å²) < 4.78 is 32.9. The van der Waals surface area contributed by atoms with Gasteiger partial charge in [0.05, 0.1) is 11.0 Å². The number of thiocarbonyl (C=S) groups is 1. The number of carbonyl (C=O) groups is 1. The van der Waals surface area contributed by atoms with E-state index in [2.05, 4.69) is 29.2 Å². The molecule has 1 amide bonds. The zero-order valence-electron chi connectivity index (χ0n) is 17.6. The Bertz CT molecular complexity index is 1010. The van der Waals surface area contributed by atoms with E-state index in [0.29, 0.717) is 23.8 Å². The molecule has 1 saturated heterocycles. The van der Waals surface area contributed by atoms with Gasteiger partial charge in [-0.15, -0.1) is 0 Å². The molecule has 0 spiro atoms. The molecular weight excluding hydrogens is 434 g/mol. The van der Waals surface area contributed by atoms with Gasteiger partial charge in [-0.25, -0.2) is 13.1 Å². The lowest BCUT2D eigenvalue weighted by molar-refractivity contribution is 0.0977. The Morgan fingerprint density at radius 3 is 2.39 bits per heavy atom. The van der Waals surface area contributed by atoms with Crippen LogP contribution in [0.1, 0.15) is 48.5 Å². The maximum atomic E-state index is 12.4. The zero-order chi connectivity index (χ0) is 22.4. The van der Waals surface area contributed by atoms with Crippen molar-refractivity contribution in [3.05, 3.63) is 59.7 Å². The zero-order valence-corrected chi connectivity index (χ0v) is 19.2. The highest BCUT2D eigenvalue weighted by Gasteiger charge is 2.20. The summed E-state index contributed by atoms with van der Waals surface area (Å²) in [5, 5.41) is 5.65. The summed E-state index contributed by atoms with van der Waals surface area (Å²) in [6, 6.07) is 13.5. The second-order valence-electron chi connectivity index (χ2n) is 7.70. The van der Waals surface area contributed by atoms with Crippen LogP contribution in [0.4, 0.5) is 5.69 Å². The predicted octanol–water partition coefficient (Wildman–Crippen LogP) is 3.39. The van der Waals surface area contributed by atoms with Crippen molar-refractivity contribution < 1.29 is 17.9 Å². The van der Waals surface area contributed by atoms with Crippen molar-refractivity contribution in [1.82, 2.24) is 10.0 Å². The fourth-order valence-electron chi connectivity index (χ4n) is 3.17. The van der Waals surface area contributed by atoms with E-state index in [4.69, 9.17) is 17.0 Å². The first kappa shape index (κ1) is 23.3. The molecule has 2 aromatic carbocycles. The SMILES string of the molecule is CC(C)c1ccc(C(=O)NC(=S)Nc2ccc(S(=O)(=O)NCC3CCCO3)cc2)cc1. The van der Waals surface area contributed by atoms with Gasteiger partial charge in [0.25, 0.3) is 5.91 Å². The van der Waals surface area contributed by atoms with Crippen LogP contribution in [-0.2, 0) is 14.8 Å². The van der Waals surface area contributed by atoms with Gasteiger partial charge in [0, 0.05) is 24.4 Å². The third-order valence-corrected chi connectivity index (χ3v) is 6.66. The van der Waals surface area contributed by atoms with Crippen molar-refractivity contribution in [3.63, 3.8) is 0 Å². The van der Waals surface area contributed by atoms with Crippen LogP contribution < -0.4 is 15.4 Å². The number of hydrogen-bond acceptors (Lipinski definition) is 5. The molecule has 2 aromatic rings. The van der Waals surface area contributed by atoms with Crippen molar-refractivity contribution in [2.45, 2.75) is 43.6 Å². The van der Waals surface area contributed by atoms with Crippen LogP contribution in [-0.4, -0.2) is 38.7 Å². The molecule has 1 unspecified atom stereocenters. The highest BCUT2D eigenvalue weighted by atomic mass is 32.2. The lowest BCUT2D eigenvalue weighted by Crippen LogP contribution is -2.34. The molecule has 166 valence electrons. The Kier molecular flexibility index (Phi) is 7.77. The number of ether oxygens (including phenoxy) is 1. The van der Waals surface area contributed by atoms with Crippen LogP contribution in [0.25, 0.3) is 0 Å². The van der Waals surface area contributed by atoms with Gasteiger partial charge in [-0.05, 0) is 72.9 Å². The summed E-state index contributed by atoms with van der Waals surface area (Å²) in [4.78, 5) is 12.5. The summed E-state index contributed by atoms with van der Waals surface area (Å²) in [7, 11) is -3.62. The molecule has 0 saturated carbocycles. The molecule has 31 heavy (non-hydrogen) atoms. The lowest BCUT2D eigenvalue weighted by Gasteiger charge is -2.13. The summed E-state index contributed by atoms with van der Waals surface area (Å²) in [6.45, 7) is 5.11. The Morgan fingerprint density at radius 2 is 1.81 bits per heavy atom. The summed E-state index contributed by atoms with van der Waals surface area (Å²) >= 11 is 5.20. The van der Waals surface area contributed by atoms with Crippen LogP contribution in [0.15, 0.2) is 53.4 Å². The summed E-state index contributed by atoms with van der Waals surface area (Å²) in [5.41, 5.74) is 2.23. The molecule has 0 aromatic heterocycles. The third kappa shape index (κ3) is 6.57. The quantitative estimate of drug-likeness (QED) is 0.547. The van der Waals surface area contributed by atoms with E-state index in [1.54, 1.807) is 24.3 Å². The van der Waals surface area contributed by atoms with Crippen molar-refractivity contribution in [1.29, 1.82) is 0 Å². The van der Waals surface area contributed by atoms with Gasteiger partial charge < -0.3 is 10.1 Å². The molecule has 7 nitrogen and oxygen atoms in total. The molecule has 0 radical (unpaired) electrons. The number of carbonyl (C=O) groups excluding carboxylic acids is 1. The molecule has 3 rings (SSSR count). The number of rotatable bonds is 7.